The predicted molar refractivity (Wildman–Crippen MR) is 164 cm³/mol. The molecule has 0 radical (unpaired) electrons. The lowest BCUT2D eigenvalue weighted by molar-refractivity contribution is 0.0204. The number of sulfone groups is 1. The summed E-state index contributed by atoms with van der Waals surface area (Å²) in [5.41, 5.74) is 1.74. The van der Waals surface area contributed by atoms with E-state index in [1.165, 1.54) is 4.90 Å². The van der Waals surface area contributed by atoms with Crippen LogP contribution in [0, 0.1) is 0 Å². The van der Waals surface area contributed by atoms with Crippen LogP contribution in [0.1, 0.15) is 71.4 Å². The molecule has 5 rings (SSSR count). The molecule has 1 aromatic carbocycles. The van der Waals surface area contributed by atoms with E-state index in [0.717, 1.165) is 24.1 Å². The fourth-order valence-electron chi connectivity index (χ4n) is 5.62. The minimum absolute atomic E-state index is 0.0665. The van der Waals surface area contributed by atoms with Gasteiger partial charge in [0.25, 0.3) is 0 Å². The second-order valence-corrected chi connectivity index (χ2v) is 15.6. The van der Waals surface area contributed by atoms with E-state index >= 15 is 0 Å². The Bertz CT molecular complexity index is 1470. The summed E-state index contributed by atoms with van der Waals surface area (Å²) in [7, 11) is -3.07. The number of pyridine rings is 1. The normalized spacial score (nSPS) is 19.1. The maximum absolute atomic E-state index is 13.8. The second kappa shape index (κ2) is 11.5. The van der Waals surface area contributed by atoms with Crippen LogP contribution in [0.15, 0.2) is 30.5 Å². The summed E-state index contributed by atoms with van der Waals surface area (Å²) in [5.74, 6) is 1.22. The number of hydrogen-bond donors (Lipinski definition) is 0. The minimum Gasteiger partial charge on any atom is -0.486 e. The molecule has 2 amide bonds. The van der Waals surface area contributed by atoms with Crippen molar-refractivity contribution in [1.29, 1.82) is 0 Å². The van der Waals surface area contributed by atoms with E-state index in [1.54, 1.807) is 11.1 Å². The zero-order chi connectivity index (χ0) is 31.2. The van der Waals surface area contributed by atoms with Crippen molar-refractivity contribution in [3.05, 3.63) is 41.6 Å². The highest BCUT2D eigenvalue weighted by Gasteiger charge is 2.36. The molecule has 3 aliphatic rings. The molecule has 0 spiro atoms. The molecule has 12 heteroatoms. The first kappa shape index (κ1) is 30.9. The van der Waals surface area contributed by atoms with E-state index < -0.39 is 27.1 Å². The molecule has 3 aliphatic heterocycles. The number of carbonyl (C=O) groups is 2. The van der Waals surface area contributed by atoms with Crippen molar-refractivity contribution in [3.8, 4) is 5.75 Å². The zero-order valence-electron chi connectivity index (χ0n) is 25.9. The molecule has 43 heavy (non-hydrogen) atoms. The summed E-state index contributed by atoms with van der Waals surface area (Å²) in [6.45, 7) is 13.0. The van der Waals surface area contributed by atoms with Crippen LogP contribution in [0.3, 0.4) is 0 Å². The first-order valence-electron chi connectivity index (χ1n) is 14.8. The molecule has 0 bridgehead atoms. The van der Waals surface area contributed by atoms with Gasteiger partial charge >= 0.3 is 12.2 Å². The van der Waals surface area contributed by atoms with Crippen molar-refractivity contribution in [3.63, 3.8) is 0 Å². The van der Waals surface area contributed by atoms with Gasteiger partial charge in [0.15, 0.2) is 15.7 Å². The maximum Gasteiger partial charge on any atom is 0.420 e. The van der Waals surface area contributed by atoms with Gasteiger partial charge in [-0.25, -0.2) is 27.9 Å². The number of likely N-dealkylation sites (tertiary alicyclic amines) is 1. The third-order valence-corrected chi connectivity index (χ3v) is 9.30. The number of nitrogens with zero attached hydrogens (tertiary/aromatic N) is 4. The van der Waals surface area contributed by atoms with Crippen molar-refractivity contribution in [2.45, 2.75) is 78.1 Å². The van der Waals surface area contributed by atoms with Crippen molar-refractivity contribution < 1.29 is 32.2 Å². The van der Waals surface area contributed by atoms with Gasteiger partial charge in [-0.15, -0.1) is 0 Å². The van der Waals surface area contributed by atoms with E-state index in [1.807, 2.05) is 70.7 Å². The quantitative estimate of drug-likeness (QED) is 0.438. The van der Waals surface area contributed by atoms with Crippen LogP contribution in [0.5, 0.6) is 5.75 Å². The number of aromatic nitrogens is 1. The van der Waals surface area contributed by atoms with Gasteiger partial charge in [-0.3, -0.25) is 0 Å². The molecular weight excluding hydrogens is 572 g/mol. The van der Waals surface area contributed by atoms with E-state index in [0.29, 0.717) is 49.0 Å². The van der Waals surface area contributed by atoms with Crippen LogP contribution in [0.25, 0.3) is 0 Å². The summed E-state index contributed by atoms with van der Waals surface area (Å²) in [6.07, 6.45) is 2.26. The summed E-state index contributed by atoms with van der Waals surface area (Å²) in [4.78, 5) is 36.3. The Morgan fingerprint density at radius 1 is 0.884 bits per heavy atom. The highest BCUT2D eigenvalue weighted by atomic mass is 32.2. The molecule has 0 unspecified atom stereocenters. The molecule has 1 aromatic heterocycles. The number of fused-ring (bicyclic) bond motifs is 2. The predicted octanol–water partition coefficient (Wildman–Crippen LogP) is 5.40. The van der Waals surface area contributed by atoms with Crippen LogP contribution < -0.4 is 14.5 Å². The molecule has 0 saturated carbocycles. The van der Waals surface area contributed by atoms with Gasteiger partial charge in [-0.2, -0.15) is 0 Å². The van der Waals surface area contributed by atoms with Crippen molar-refractivity contribution in [2.75, 3.05) is 47.5 Å². The van der Waals surface area contributed by atoms with E-state index in [4.69, 9.17) is 14.2 Å². The van der Waals surface area contributed by atoms with E-state index in [9.17, 15) is 18.0 Å². The van der Waals surface area contributed by atoms with Gasteiger partial charge in [-0.1, -0.05) is 6.07 Å². The smallest absolute Gasteiger partial charge is 0.420 e. The van der Waals surface area contributed by atoms with Crippen LogP contribution in [0.2, 0.25) is 0 Å². The van der Waals surface area contributed by atoms with E-state index in [-0.39, 0.29) is 30.1 Å². The summed E-state index contributed by atoms with van der Waals surface area (Å²) >= 11 is 0. The topological polar surface area (TPSA) is 119 Å². The number of amides is 2. The molecule has 2 aromatic rings. The first-order chi connectivity index (χ1) is 20.1. The monoisotopic (exact) mass is 614 g/mol. The number of carbonyl (C=O) groups excluding carboxylic acids is 2. The van der Waals surface area contributed by atoms with Gasteiger partial charge in [-0.05, 0) is 84.1 Å². The van der Waals surface area contributed by atoms with E-state index in [2.05, 4.69) is 4.98 Å². The fourth-order valence-corrected chi connectivity index (χ4v) is 6.82. The Labute approximate surface area is 254 Å². The Morgan fingerprint density at radius 2 is 1.51 bits per heavy atom. The average molecular weight is 615 g/mol. The molecule has 0 aliphatic carbocycles. The number of hydrogen-bond acceptors (Lipinski definition) is 9. The number of rotatable bonds is 2. The fraction of sp³-hybridized carbons (Fsp3) is 0.581. The molecule has 2 fully saturated rings. The van der Waals surface area contributed by atoms with Crippen LogP contribution >= 0.6 is 0 Å². The lowest BCUT2D eigenvalue weighted by Gasteiger charge is -2.34. The second-order valence-electron chi connectivity index (χ2n) is 13.3. The molecule has 11 nitrogen and oxygen atoms in total. The van der Waals surface area contributed by atoms with Gasteiger partial charge in [0.1, 0.15) is 23.6 Å². The molecule has 0 atom stereocenters. The maximum atomic E-state index is 13.8. The highest BCUT2D eigenvalue weighted by Crippen LogP contribution is 2.44. The van der Waals surface area contributed by atoms with Gasteiger partial charge in [0.05, 0.1) is 22.8 Å². The number of benzene rings is 1. The summed E-state index contributed by atoms with van der Waals surface area (Å²) in [6, 6.07) is 7.69. The zero-order valence-corrected chi connectivity index (χ0v) is 26.7. The van der Waals surface area contributed by atoms with Crippen molar-refractivity contribution >= 4 is 39.2 Å². The third kappa shape index (κ3) is 7.17. The van der Waals surface area contributed by atoms with Crippen LogP contribution in [-0.4, -0.2) is 79.4 Å². The molecule has 0 N–H and O–H groups in total. The van der Waals surface area contributed by atoms with Crippen molar-refractivity contribution in [1.82, 2.24) is 9.88 Å². The largest absolute Gasteiger partial charge is 0.486 e. The SMILES string of the molecule is CC(C)(C)OC(=O)N1CCC(c2ccc3c(c2)N(C(=O)OC(C)(C)C)c2nccc(N4CCS(=O)(=O)CC4)c2CO3)CC1. The van der Waals surface area contributed by atoms with Crippen LogP contribution in [-0.2, 0) is 25.9 Å². The van der Waals surface area contributed by atoms with Crippen LogP contribution in [0.4, 0.5) is 26.8 Å². The number of piperidine rings is 1. The Kier molecular flexibility index (Phi) is 8.28. The molecule has 234 valence electrons. The molecular formula is C31H42N4O7S. The van der Waals surface area contributed by atoms with Gasteiger partial charge in [0.2, 0.25) is 0 Å². The standard InChI is InChI=1S/C31H42N4O7S/c1-30(2,3)41-28(36)34-13-10-21(11-14-34)22-7-8-26-25(19-22)35(29(37)42-31(4,5)6)27-23(20-40-26)24(9-12-32-27)33-15-17-43(38,39)18-16-33/h7-9,12,19,21H,10-11,13-18,20H2,1-6H3. The summed E-state index contributed by atoms with van der Waals surface area (Å²) in [5, 5.41) is 0. The lowest BCUT2D eigenvalue weighted by Crippen LogP contribution is -2.41. The van der Waals surface area contributed by atoms with Crippen molar-refractivity contribution in [2.24, 2.45) is 0 Å². The number of ether oxygens (including phenoxy) is 3. The first-order valence-corrected chi connectivity index (χ1v) is 16.6. The third-order valence-electron chi connectivity index (χ3n) is 7.70. The highest BCUT2D eigenvalue weighted by molar-refractivity contribution is 7.91. The molecule has 4 heterocycles. The van der Waals surface area contributed by atoms with Gasteiger partial charge < -0.3 is 24.0 Å². The Balaban J connectivity index is 1.47. The number of anilines is 3. The Hall–Kier alpha value is -3.54. The molecule has 2 saturated heterocycles. The summed E-state index contributed by atoms with van der Waals surface area (Å²) < 4.78 is 41.9. The Morgan fingerprint density at radius 3 is 2.14 bits per heavy atom. The minimum atomic E-state index is -3.07. The lowest BCUT2D eigenvalue weighted by atomic mass is 9.89. The average Bonchev–Trinajstić information content (AvgIpc) is 3.08. The van der Waals surface area contributed by atoms with Gasteiger partial charge in [0, 0.05) is 38.1 Å².